The number of hydrogen-bond donors (Lipinski definition) is 2. The molecule has 1 fully saturated rings. The summed E-state index contributed by atoms with van der Waals surface area (Å²) < 4.78 is 1.20. The van der Waals surface area contributed by atoms with Gasteiger partial charge >= 0.3 is 5.69 Å². The number of carbonyl (C=O) groups excluding carboxylic acids is 1. The minimum absolute atomic E-state index is 0.0408. The predicted octanol–water partition coefficient (Wildman–Crippen LogP) is 0.196. The Kier molecular flexibility index (Phi) is 4.62. The lowest BCUT2D eigenvalue weighted by Gasteiger charge is -2.32. The molecule has 1 aliphatic rings. The van der Waals surface area contributed by atoms with Crippen LogP contribution in [0.25, 0.3) is 0 Å². The van der Waals surface area contributed by atoms with E-state index in [4.69, 9.17) is 5.73 Å². The Hall–Kier alpha value is -1.89. The van der Waals surface area contributed by atoms with Crippen molar-refractivity contribution in [2.75, 3.05) is 18.8 Å². The molecule has 0 aliphatic carbocycles. The summed E-state index contributed by atoms with van der Waals surface area (Å²) in [6.07, 6.45) is 3.26. The van der Waals surface area contributed by atoms with Crippen LogP contribution in [0.1, 0.15) is 43.5 Å². The van der Waals surface area contributed by atoms with Crippen LogP contribution in [-0.2, 0) is 6.54 Å². The number of carbonyl (C=O) groups is 1. The second-order valence-corrected chi connectivity index (χ2v) is 5.50. The SMILES string of the molecule is CCn1c(N)c(C(=O)CN2CCCCC2C)c(=O)[nH]c1=O. The molecule has 0 aromatic carbocycles. The van der Waals surface area contributed by atoms with Crippen molar-refractivity contribution in [1.29, 1.82) is 0 Å². The van der Waals surface area contributed by atoms with Gasteiger partial charge in [-0.2, -0.15) is 0 Å². The van der Waals surface area contributed by atoms with Crippen LogP contribution < -0.4 is 17.0 Å². The molecule has 0 bridgehead atoms. The lowest BCUT2D eigenvalue weighted by molar-refractivity contribution is 0.0859. The van der Waals surface area contributed by atoms with Crippen molar-refractivity contribution in [3.63, 3.8) is 0 Å². The van der Waals surface area contributed by atoms with Crippen LogP contribution in [0, 0.1) is 0 Å². The van der Waals surface area contributed by atoms with Crippen LogP contribution in [0.5, 0.6) is 0 Å². The molecule has 1 saturated heterocycles. The number of aromatic amines is 1. The van der Waals surface area contributed by atoms with E-state index in [2.05, 4.69) is 16.8 Å². The van der Waals surface area contributed by atoms with Crippen molar-refractivity contribution in [2.24, 2.45) is 0 Å². The smallest absolute Gasteiger partial charge is 0.329 e. The van der Waals surface area contributed by atoms with Crippen molar-refractivity contribution in [3.05, 3.63) is 26.4 Å². The topological polar surface area (TPSA) is 101 Å². The summed E-state index contributed by atoms with van der Waals surface area (Å²) >= 11 is 0. The third kappa shape index (κ3) is 3.07. The van der Waals surface area contributed by atoms with Crippen LogP contribution in [0.3, 0.4) is 0 Å². The van der Waals surface area contributed by atoms with E-state index in [0.29, 0.717) is 12.6 Å². The molecular weight excluding hydrogens is 272 g/mol. The number of likely N-dealkylation sites (tertiary alicyclic amines) is 1. The predicted molar refractivity (Wildman–Crippen MR) is 80.6 cm³/mol. The highest BCUT2D eigenvalue weighted by molar-refractivity contribution is 6.01. The first-order valence-corrected chi connectivity index (χ1v) is 7.35. The quantitative estimate of drug-likeness (QED) is 0.772. The molecule has 116 valence electrons. The zero-order valence-electron chi connectivity index (χ0n) is 12.5. The van der Waals surface area contributed by atoms with E-state index in [1.54, 1.807) is 6.92 Å². The Balaban J connectivity index is 2.31. The molecule has 21 heavy (non-hydrogen) atoms. The Labute approximate surface area is 122 Å². The second-order valence-electron chi connectivity index (χ2n) is 5.50. The first kappa shape index (κ1) is 15.5. The van der Waals surface area contributed by atoms with Gasteiger partial charge in [0, 0.05) is 12.6 Å². The zero-order valence-corrected chi connectivity index (χ0v) is 12.5. The maximum absolute atomic E-state index is 12.4. The molecule has 0 amide bonds. The van der Waals surface area contributed by atoms with Gasteiger partial charge in [-0.05, 0) is 33.2 Å². The average molecular weight is 294 g/mol. The van der Waals surface area contributed by atoms with Crippen molar-refractivity contribution in [1.82, 2.24) is 14.5 Å². The molecule has 1 aromatic heterocycles. The summed E-state index contributed by atoms with van der Waals surface area (Å²) in [7, 11) is 0. The minimum Gasteiger partial charge on any atom is -0.384 e. The third-order valence-electron chi connectivity index (χ3n) is 4.12. The van der Waals surface area contributed by atoms with Crippen LogP contribution in [0.2, 0.25) is 0 Å². The van der Waals surface area contributed by atoms with Crippen LogP contribution in [0.15, 0.2) is 9.59 Å². The highest BCUT2D eigenvalue weighted by Gasteiger charge is 2.25. The van der Waals surface area contributed by atoms with Crippen LogP contribution in [0.4, 0.5) is 5.82 Å². The van der Waals surface area contributed by atoms with Gasteiger partial charge < -0.3 is 5.73 Å². The number of Topliss-reactive ketones (excluding diaryl/α,β-unsaturated/α-hetero) is 1. The molecule has 0 spiro atoms. The normalized spacial score (nSPS) is 19.6. The first-order chi connectivity index (χ1) is 9.95. The monoisotopic (exact) mass is 294 g/mol. The van der Waals surface area contributed by atoms with Crippen LogP contribution in [-0.4, -0.2) is 39.4 Å². The molecule has 7 heteroatoms. The van der Waals surface area contributed by atoms with Gasteiger partial charge in [-0.25, -0.2) is 4.79 Å². The largest absolute Gasteiger partial charge is 0.384 e. The van der Waals surface area contributed by atoms with Gasteiger partial charge in [0.25, 0.3) is 5.56 Å². The summed E-state index contributed by atoms with van der Waals surface area (Å²) in [4.78, 5) is 40.2. The molecule has 1 aromatic rings. The Morgan fingerprint density at radius 2 is 2.10 bits per heavy atom. The number of anilines is 1. The van der Waals surface area contributed by atoms with Gasteiger partial charge in [-0.1, -0.05) is 6.42 Å². The first-order valence-electron chi connectivity index (χ1n) is 7.35. The molecule has 7 nitrogen and oxygen atoms in total. The van der Waals surface area contributed by atoms with Gasteiger partial charge in [0.2, 0.25) is 0 Å². The highest BCUT2D eigenvalue weighted by Crippen LogP contribution is 2.17. The highest BCUT2D eigenvalue weighted by atomic mass is 16.2. The average Bonchev–Trinajstić information content (AvgIpc) is 2.41. The lowest BCUT2D eigenvalue weighted by Crippen LogP contribution is -2.43. The summed E-state index contributed by atoms with van der Waals surface area (Å²) in [5.74, 6) is -0.370. The molecule has 2 rings (SSSR count). The van der Waals surface area contributed by atoms with E-state index < -0.39 is 11.2 Å². The number of nitrogens with one attached hydrogen (secondary N) is 1. The summed E-state index contributed by atoms with van der Waals surface area (Å²) in [6, 6.07) is 0.320. The van der Waals surface area contributed by atoms with E-state index >= 15 is 0 Å². The van der Waals surface area contributed by atoms with Gasteiger partial charge in [0.05, 0.1) is 6.54 Å². The van der Waals surface area contributed by atoms with E-state index in [0.717, 1.165) is 25.8 Å². The maximum Gasteiger partial charge on any atom is 0.329 e. The molecule has 0 saturated carbocycles. The molecule has 1 atom stereocenters. The molecule has 1 aliphatic heterocycles. The molecular formula is C14H22N4O3. The number of nitrogens with two attached hydrogens (primary N) is 1. The minimum atomic E-state index is -0.697. The van der Waals surface area contributed by atoms with Gasteiger partial charge in [0.15, 0.2) is 5.78 Å². The fourth-order valence-electron chi connectivity index (χ4n) is 2.83. The Bertz CT molecular complexity index is 647. The number of aromatic nitrogens is 2. The van der Waals surface area contributed by atoms with Crippen molar-refractivity contribution in [2.45, 2.75) is 45.7 Å². The standard InChI is InChI=1S/C14H22N4O3/c1-3-18-12(15)11(13(20)16-14(18)21)10(19)8-17-7-5-4-6-9(17)2/h9H,3-8,15H2,1-2H3,(H,16,20,21). The summed E-state index contributed by atoms with van der Waals surface area (Å²) in [6.45, 7) is 5.13. The number of hydrogen-bond acceptors (Lipinski definition) is 5. The fraction of sp³-hybridized carbons (Fsp3) is 0.643. The van der Waals surface area contributed by atoms with Crippen LogP contribution >= 0.6 is 0 Å². The zero-order chi connectivity index (χ0) is 15.6. The van der Waals surface area contributed by atoms with Crippen molar-refractivity contribution < 1.29 is 4.79 Å². The van der Waals surface area contributed by atoms with E-state index in [9.17, 15) is 14.4 Å². The number of piperidine rings is 1. The Morgan fingerprint density at radius 1 is 1.38 bits per heavy atom. The third-order valence-corrected chi connectivity index (χ3v) is 4.12. The second kappa shape index (κ2) is 6.26. The molecule has 2 heterocycles. The van der Waals surface area contributed by atoms with Gasteiger partial charge in [0.1, 0.15) is 11.4 Å². The number of nitrogens with zero attached hydrogens (tertiary/aromatic N) is 2. The van der Waals surface area contributed by atoms with Gasteiger partial charge in [-0.3, -0.25) is 24.0 Å². The Morgan fingerprint density at radius 3 is 2.71 bits per heavy atom. The fourth-order valence-corrected chi connectivity index (χ4v) is 2.83. The number of rotatable bonds is 4. The molecule has 0 radical (unpaired) electrons. The summed E-state index contributed by atoms with van der Waals surface area (Å²) in [5.41, 5.74) is 4.46. The van der Waals surface area contributed by atoms with Crippen molar-refractivity contribution in [3.8, 4) is 0 Å². The lowest BCUT2D eigenvalue weighted by atomic mass is 10.0. The molecule has 3 N–H and O–H groups in total. The number of H-pyrrole nitrogens is 1. The van der Waals surface area contributed by atoms with E-state index in [-0.39, 0.29) is 23.7 Å². The van der Waals surface area contributed by atoms with E-state index in [1.807, 2.05) is 0 Å². The number of nitrogen functional groups attached to an aromatic ring is 1. The number of ketones is 1. The maximum atomic E-state index is 12.4. The van der Waals surface area contributed by atoms with E-state index in [1.165, 1.54) is 4.57 Å². The summed E-state index contributed by atoms with van der Waals surface area (Å²) in [5, 5.41) is 0. The van der Waals surface area contributed by atoms with Gasteiger partial charge in [-0.15, -0.1) is 0 Å². The molecule has 1 unspecified atom stereocenters. The van der Waals surface area contributed by atoms with Crippen molar-refractivity contribution >= 4 is 11.6 Å².